The maximum Gasteiger partial charge on any atom is 0.309 e. The van der Waals surface area contributed by atoms with Crippen molar-refractivity contribution in [1.82, 2.24) is 16.0 Å². The number of aliphatic hydroxyl groups excluding tert-OH is 1. The van der Waals surface area contributed by atoms with Crippen LogP contribution in [-0.2, 0) is 30.3 Å². The number of amides is 3. The Hall–Kier alpha value is -2.57. The molecule has 0 spiro atoms. The first-order valence-electron chi connectivity index (χ1n) is 12.5. The van der Waals surface area contributed by atoms with E-state index in [2.05, 4.69) is 16.0 Å². The third-order valence-electron chi connectivity index (χ3n) is 6.20. The predicted molar refractivity (Wildman–Crippen MR) is 145 cm³/mol. The van der Waals surface area contributed by atoms with Crippen LogP contribution in [-0.4, -0.2) is 70.6 Å². The van der Waals surface area contributed by atoms with Crippen LogP contribution in [0.4, 0.5) is 4.39 Å². The molecule has 1 fully saturated rings. The maximum absolute atomic E-state index is 13.4. The minimum atomic E-state index is -1.06. The van der Waals surface area contributed by atoms with E-state index in [9.17, 15) is 28.7 Å². The number of benzene rings is 1. The lowest BCUT2D eigenvalue weighted by Crippen LogP contribution is -2.57. The first kappa shape index (κ1) is 30.0. The Morgan fingerprint density at radius 3 is 2.47 bits per heavy atom. The van der Waals surface area contributed by atoms with Gasteiger partial charge in [0.15, 0.2) is 0 Å². The van der Waals surface area contributed by atoms with Crippen molar-refractivity contribution in [3.63, 3.8) is 0 Å². The number of fused-ring (bicyclic) bond motifs is 16. The summed E-state index contributed by atoms with van der Waals surface area (Å²) in [6.07, 6.45) is 1.10. The van der Waals surface area contributed by atoms with E-state index < -0.39 is 59.8 Å². The highest BCUT2D eigenvalue weighted by atomic mass is 33.1. The number of hydrogen-bond donors (Lipinski definition) is 4. The molecular weight excluding hydrogens is 533 g/mol. The number of carbonyl (C=O) groups is 4. The molecule has 1 aromatic rings. The molecule has 0 saturated carbocycles. The topological polar surface area (TPSA) is 134 Å². The van der Waals surface area contributed by atoms with Crippen LogP contribution < -0.4 is 16.0 Å². The van der Waals surface area contributed by atoms with Gasteiger partial charge in [0.1, 0.15) is 24.0 Å². The number of hydrogen-bond acceptors (Lipinski definition) is 8. The van der Waals surface area contributed by atoms with Crippen LogP contribution in [0.15, 0.2) is 36.4 Å². The zero-order valence-corrected chi connectivity index (χ0v) is 23.0. The Bertz CT molecular complexity index is 1020. The number of ether oxygens (including phenoxy) is 1. The summed E-state index contributed by atoms with van der Waals surface area (Å²) in [6.45, 7) is 3.78. The molecular formula is C26H34FN3O6S2. The molecule has 1 saturated heterocycles. The van der Waals surface area contributed by atoms with E-state index in [1.54, 1.807) is 12.2 Å². The fourth-order valence-electron chi connectivity index (χ4n) is 4.08. The van der Waals surface area contributed by atoms with Crippen molar-refractivity contribution in [2.24, 2.45) is 5.92 Å². The molecule has 4 N–H and O–H groups in total. The molecule has 0 radical (unpaired) electrons. The minimum absolute atomic E-state index is 0.0537. The summed E-state index contributed by atoms with van der Waals surface area (Å²) in [5, 5.41) is 18.9. The molecule has 5 atom stereocenters. The second kappa shape index (κ2) is 14.5. The summed E-state index contributed by atoms with van der Waals surface area (Å²) in [4.78, 5) is 52.2. The van der Waals surface area contributed by atoms with Gasteiger partial charge in [-0.15, -0.1) is 0 Å². The van der Waals surface area contributed by atoms with Crippen molar-refractivity contribution >= 4 is 45.3 Å². The lowest BCUT2D eigenvalue weighted by Gasteiger charge is -2.29. The van der Waals surface area contributed by atoms with Crippen LogP contribution in [0.2, 0.25) is 0 Å². The van der Waals surface area contributed by atoms with Crippen molar-refractivity contribution in [3.8, 4) is 0 Å². The van der Waals surface area contributed by atoms with Gasteiger partial charge in [-0.1, -0.05) is 53.6 Å². The second-order valence-corrected chi connectivity index (χ2v) is 12.2. The van der Waals surface area contributed by atoms with Gasteiger partial charge in [0.05, 0.1) is 18.9 Å². The van der Waals surface area contributed by atoms with Gasteiger partial charge in [0.25, 0.3) is 0 Å². The van der Waals surface area contributed by atoms with Crippen molar-refractivity contribution in [2.75, 3.05) is 11.5 Å². The first-order valence-corrected chi connectivity index (χ1v) is 15.0. The van der Waals surface area contributed by atoms with Crippen molar-refractivity contribution in [2.45, 2.75) is 69.9 Å². The van der Waals surface area contributed by atoms with E-state index >= 15 is 0 Å². The molecule has 0 unspecified atom stereocenters. The summed E-state index contributed by atoms with van der Waals surface area (Å²) in [5.41, 5.74) is 0.616. The number of esters is 1. The van der Waals surface area contributed by atoms with E-state index in [-0.39, 0.29) is 37.4 Å². The molecule has 3 aliphatic heterocycles. The maximum atomic E-state index is 13.4. The van der Waals surface area contributed by atoms with Gasteiger partial charge in [-0.05, 0) is 36.1 Å². The molecule has 3 amide bonds. The number of aliphatic hydroxyl groups is 1. The van der Waals surface area contributed by atoms with Crippen molar-refractivity contribution < 1.29 is 33.4 Å². The standard InChI is InChI=1S/C26H34FN3O6S2/c1-15(2)20-11-18(31)12-24(33)36-19-4-3-9-37-38-14-22(26(35)29-20)30-25(34)21(28-23(32)13-19)10-16-5-7-17(27)8-6-16/h3-8,15,18-22,31H,9-14H2,1-2H3,(H,28,32)(H,29,35)(H,30,34)/b4-3+/t18-,19-,20-,21+,22-/m1/s1. The Labute approximate surface area is 229 Å². The molecule has 38 heavy (non-hydrogen) atoms. The summed E-state index contributed by atoms with van der Waals surface area (Å²) >= 11 is 0. The van der Waals surface area contributed by atoms with Gasteiger partial charge >= 0.3 is 5.97 Å². The van der Waals surface area contributed by atoms with E-state index in [1.165, 1.54) is 45.9 Å². The highest BCUT2D eigenvalue weighted by Gasteiger charge is 2.31. The van der Waals surface area contributed by atoms with Crippen molar-refractivity contribution in [1.29, 1.82) is 0 Å². The third kappa shape index (κ3) is 9.63. The van der Waals surface area contributed by atoms with Crippen LogP contribution >= 0.6 is 21.6 Å². The fraction of sp³-hybridized carbons (Fsp3) is 0.538. The van der Waals surface area contributed by atoms with Gasteiger partial charge in [0.2, 0.25) is 17.7 Å². The molecule has 9 nitrogen and oxygen atoms in total. The summed E-state index contributed by atoms with van der Waals surface area (Å²) in [7, 11) is 2.86. The second-order valence-electron chi connectivity index (χ2n) is 9.69. The predicted octanol–water partition coefficient (Wildman–Crippen LogP) is 1.89. The van der Waals surface area contributed by atoms with E-state index in [0.29, 0.717) is 11.3 Å². The Morgan fingerprint density at radius 2 is 1.76 bits per heavy atom. The first-order chi connectivity index (χ1) is 18.1. The van der Waals surface area contributed by atoms with Gasteiger partial charge in [-0.25, -0.2) is 4.39 Å². The number of rotatable bonds is 3. The van der Waals surface area contributed by atoms with Gasteiger partial charge in [-0.2, -0.15) is 0 Å². The molecule has 3 aliphatic rings. The fourth-order valence-corrected chi connectivity index (χ4v) is 6.06. The lowest BCUT2D eigenvalue weighted by molar-refractivity contribution is -0.150. The molecule has 0 aliphatic carbocycles. The SMILES string of the molecule is CC(C)[C@H]1C[C@@H](O)CC(=O)O[C@@H]2/C=C/CSSC[C@@H](NC(=O)[C@H](Cc3ccc(F)cc3)NC(=O)C2)C(=O)N1. The molecule has 12 heteroatoms. The van der Waals surface area contributed by atoms with Crippen LogP contribution in [0.1, 0.15) is 38.7 Å². The van der Waals surface area contributed by atoms with E-state index in [1.807, 2.05) is 13.8 Å². The molecule has 3 heterocycles. The Morgan fingerprint density at radius 1 is 1.03 bits per heavy atom. The summed E-state index contributed by atoms with van der Waals surface area (Å²) in [5.74, 6) is -1.91. The van der Waals surface area contributed by atoms with Crippen LogP contribution in [0, 0.1) is 11.7 Å². The number of halogens is 1. The average Bonchev–Trinajstić information content (AvgIpc) is 2.84. The monoisotopic (exact) mass is 567 g/mol. The number of nitrogens with one attached hydrogen (secondary N) is 3. The summed E-state index contributed by atoms with van der Waals surface area (Å²) in [6, 6.07) is 3.16. The summed E-state index contributed by atoms with van der Waals surface area (Å²) < 4.78 is 18.9. The third-order valence-corrected chi connectivity index (χ3v) is 8.48. The van der Waals surface area contributed by atoms with E-state index in [0.717, 1.165) is 0 Å². The number of carbonyl (C=O) groups excluding carboxylic acids is 4. The van der Waals surface area contributed by atoms with Crippen LogP contribution in [0.5, 0.6) is 0 Å². The van der Waals surface area contributed by atoms with Gasteiger partial charge < -0.3 is 25.8 Å². The largest absolute Gasteiger partial charge is 0.457 e. The molecule has 0 aromatic heterocycles. The van der Waals surface area contributed by atoms with Crippen LogP contribution in [0.25, 0.3) is 0 Å². The van der Waals surface area contributed by atoms with Crippen molar-refractivity contribution in [3.05, 3.63) is 47.8 Å². The van der Waals surface area contributed by atoms with Crippen LogP contribution in [0.3, 0.4) is 0 Å². The Balaban J connectivity index is 1.96. The molecule has 208 valence electrons. The minimum Gasteiger partial charge on any atom is -0.457 e. The average molecular weight is 568 g/mol. The Kier molecular flexibility index (Phi) is 11.5. The molecule has 2 bridgehead atoms. The highest BCUT2D eigenvalue weighted by Crippen LogP contribution is 2.23. The van der Waals surface area contributed by atoms with Gasteiger partial charge in [0, 0.05) is 24.0 Å². The smallest absolute Gasteiger partial charge is 0.309 e. The highest BCUT2D eigenvalue weighted by molar-refractivity contribution is 8.76. The zero-order valence-electron chi connectivity index (χ0n) is 21.4. The molecule has 4 rings (SSSR count). The zero-order chi connectivity index (χ0) is 27.7. The van der Waals surface area contributed by atoms with Gasteiger partial charge in [-0.3, -0.25) is 19.2 Å². The van der Waals surface area contributed by atoms with E-state index in [4.69, 9.17) is 4.74 Å². The molecule has 1 aromatic carbocycles. The quantitative estimate of drug-likeness (QED) is 0.247. The normalized spacial score (nSPS) is 29.1. The lowest BCUT2D eigenvalue weighted by atomic mass is 9.96.